The van der Waals surface area contributed by atoms with Crippen LogP contribution in [0.1, 0.15) is 25.5 Å². The van der Waals surface area contributed by atoms with Crippen LogP contribution in [0.2, 0.25) is 0 Å². The zero-order chi connectivity index (χ0) is 16.1. The molecule has 6 nitrogen and oxygen atoms in total. The van der Waals surface area contributed by atoms with E-state index >= 15 is 0 Å². The van der Waals surface area contributed by atoms with Crippen molar-refractivity contribution in [3.8, 4) is 10.8 Å². The summed E-state index contributed by atoms with van der Waals surface area (Å²) in [6, 6.07) is 2.25. The van der Waals surface area contributed by atoms with Crippen LogP contribution in [-0.2, 0) is 11.2 Å². The normalized spacial score (nSPS) is 18.2. The Morgan fingerprint density at radius 3 is 3.04 bits per heavy atom. The Morgan fingerprint density at radius 1 is 1.43 bits per heavy atom. The summed E-state index contributed by atoms with van der Waals surface area (Å²) in [5.74, 6) is 0.632. The number of carbonyl (C=O) groups is 1. The highest BCUT2D eigenvalue weighted by molar-refractivity contribution is 7.13. The lowest BCUT2D eigenvalue weighted by Gasteiger charge is -2.22. The fourth-order valence-corrected chi connectivity index (χ4v) is 3.67. The molecular weight excluding hydrogens is 310 g/mol. The third-order valence-electron chi connectivity index (χ3n) is 4.09. The molecule has 3 rings (SSSR count). The largest absolute Gasteiger partial charge is 0.354 e. The van der Waals surface area contributed by atoms with Gasteiger partial charge in [-0.2, -0.15) is 0 Å². The summed E-state index contributed by atoms with van der Waals surface area (Å²) < 4.78 is 0. The van der Waals surface area contributed by atoms with E-state index in [1.165, 1.54) is 24.2 Å². The Hall–Kier alpha value is -1.86. The van der Waals surface area contributed by atoms with Crippen molar-refractivity contribution in [2.75, 3.05) is 19.6 Å². The molecule has 2 aromatic heterocycles. The van der Waals surface area contributed by atoms with Crippen LogP contribution in [0, 0.1) is 0 Å². The second-order valence-corrected chi connectivity index (χ2v) is 6.48. The van der Waals surface area contributed by atoms with Gasteiger partial charge in [0.1, 0.15) is 0 Å². The van der Waals surface area contributed by atoms with Crippen molar-refractivity contribution < 1.29 is 4.79 Å². The Labute approximate surface area is 140 Å². The van der Waals surface area contributed by atoms with Gasteiger partial charge < -0.3 is 5.32 Å². The lowest BCUT2D eigenvalue weighted by atomic mass is 10.2. The van der Waals surface area contributed by atoms with Crippen LogP contribution < -0.4 is 5.32 Å². The first kappa shape index (κ1) is 16.0. The smallest absolute Gasteiger partial charge is 0.226 e. The van der Waals surface area contributed by atoms with E-state index in [4.69, 9.17) is 0 Å². The van der Waals surface area contributed by atoms with Gasteiger partial charge in [0.05, 0.1) is 12.1 Å². The van der Waals surface area contributed by atoms with E-state index in [-0.39, 0.29) is 5.91 Å². The van der Waals surface area contributed by atoms with E-state index in [9.17, 15) is 4.79 Å². The Bertz CT molecular complexity index is 645. The highest BCUT2D eigenvalue weighted by atomic mass is 32.1. The molecule has 0 aliphatic carbocycles. The fraction of sp³-hybridized carbons (Fsp3) is 0.500. The lowest BCUT2D eigenvalue weighted by Crippen LogP contribution is -2.40. The third-order valence-corrected chi connectivity index (χ3v) is 4.98. The highest BCUT2D eigenvalue weighted by Gasteiger charge is 2.23. The van der Waals surface area contributed by atoms with E-state index < -0.39 is 0 Å². The molecule has 0 spiro atoms. The molecule has 23 heavy (non-hydrogen) atoms. The standard InChI is InChI=1S/C16H21N5OS/c1-2-21-8-3-5-13(21)10-19-14(22)9-12-11-23-16(20-12)15-17-6-4-7-18-15/h4,6-7,11,13H,2-3,5,8-10H2,1H3,(H,19,22)/t13-/m0/s1. The average Bonchev–Trinajstić information content (AvgIpc) is 3.22. The molecule has 1 fully saturated rings. The number of thiazole rings is 1. The molecule has 0 unspecified atom stereocenters. The van der Waals surface area contributed by atoms with Crippen molar-refractivity contribution in [3.63, 3.8) is 0 Å². The molecule has 0 radical (unpaired) electrons. The molecule has 1 atom stereocenters. The topological polar surface area (TPSA) is 71.0 Å². The van der Waals surface area contributed by atoms with Crippen LogP contribution in [0.4, 0.5) is 0 Å². The molecule has 3 heterocycles. The summed E-state index contributed by atoms with van der Waals surface area (Å²) in [6.45, 7) is 5.09. The summed E-state index contributed by atoms with van der Waals surface area (Å²) in [5.41, 5.74) is 0.772. The van der Waals surface area contributed by atoms with Crippen LogP contribution in [-0.4, -0.2) is 51.4 Å². The predicted octanol–water partition coefficient (Wildman–Crippen LogP) is 1.74. The van der Waals surface area contributed by atoms with E-state index in [0.29, 0.717) is 18.3 Å². The number of likely N-dealkylation sites (tertiary alicyclic amines) is 1. The molecule has 122 valence electrons. The van der Waals surface area contributed by atoms with Gasteiger partial charge in [0.25, 0.3) is 0 Å². The number of nitrogens with one attached hydrogen (secondary N) is 1. The first-order valence-corrected chi connectivity index (χ1v) is 8.86. The van der Waals surface area contributed by atoms with Crippen molar-refractivity contribution in [1.29, 1.82) is 0 Å². The van der Waals surface area contributed by atoms with Crippen LogP contribution >= 0.6 is 11.3 Å². The molecule has 1 N–H and O–H groups in total. The molecule has 0 bridgehead atoms. The van der Waals surface area contributed by atoms with E-state index in [2.05, 4.69) is 32.1 Å². The fourth-order valence-electron chi connectivity index (χ4n) is 2.90. The SMILES string of the molecule is CCN1CCC[C@H]1CNC(=O)Cc1csc(-c2ncccn2)n1. The third kappa shape index (κ3) is 4.11. The number of hydrogen-bond donors (Lipinski definition) is 1. The minimum atomic E-state index is 0.0267. The van der Waals surface area contributed by atoms with Crippen LogP contribution in [0.15, 0.2) is 23.8 Å². The van der Waals surface area contributed by atoms with Gasteiger partial charge in [0.15, 0.2) is 10.8 Å². The Balaban J connectivity index is 1.51. The van der Waals surface area contributed by atoms with E-state index in [1.54, 1.807) is 18.5 Å². The summed E-state index contributed by atoms with van der Waals surface area (Å²) in [5, 5.41) is 5.69. The van der Waals surface area contributed by atoms with Crippen LogP contribution in [0.25, 0.3) is 10.8 Å². The average molecular weight is 331 g/mol. The maximum Gasteiger partial charge on any atom is 0.226 e. The van der Waals surface area contributed by atoms with Crippen molar-refractivity contribution in [3.05, 3.63) is 29.5 Å². The maximum atomic E-state index is 12.1. The number of aromatic nitrogens is 3. The van der Waals surface area contributed by atoms with Crippen molar-refractivity contribution in [2.24, 2.45) is 0 Å². The monoisotopic (exact) mass is 331 g/mol. The summed E-state index contributed by atoms with van der Waals surface area (Å²) in [7, 11) is 0. The molecule has 1 amide bonds. The van der Waals surface area contributed by atoms with Gasteiger partial charge in [0, 0.05) is 30.4 Å². The van der Waals surface area contributed by atoms with Gasteiger partial charge >= 0.3 is 0 Å². The minimum absolute atomic E-state index is 0.0267. The first-order valence-electron chi connectivity index (χ1n) is 7.99. The number of nitrogens with zero attached hydrogens (tertiary/aromatic N) is 4. The van der Waals surface area contributed by atoms with Crippen molar-refractivity contribution in [2.45, 2.75) is 32.2 Å². The zero-order valence-corrected chi connectivity index (χ0v) is 14.1. The molecule has 7 heteroatoms. The minimum Gasteiger partial charge on any atom is -0.354 e. The van der Waals surface area contributed by atoms with Gasteiger partial charge in [-0.25, -0.2) is 15.0 Å². The van der Waals surface area contributed by atoms with Gasteiger partial charge in [-0.15, -0.1) is 11.3 Å². The quantitative estimate of drug-likeness (QED) is 0.873. The number of hydrogen-bond acceptors (Lipinski definition) is 6. The first-order chi connectivity index (χ1) is 11.3. The number of amides is 1. The highest BCUT2D eigenvalue weighted by Crippen LogP contribution is 2.20. The molecular formula is C16H21N5OS. The second-order valence-electron chi connectivity index (χ2n) is 5.62. The van der Waals surface area contributed by atoms with Crippen LogP contribution in [0.5, 0.6) is 0 Å². The molecule has 1 aliphatic heterocycles. The van der Waals surface area contributed by atoms with E-state index in [1.807, 2.05) is 5.38 Å². The second kappa shape index (κ2) is 7.61. The Kier molecular flexibility index (Phi) is 5.30. The Morgan fingerprint density at radius 2 is 2.26 bits per heavy atom. The van der Waals surface area contributed by atoms with Gasteiger partial charge in [-0.1, -0.05) is 6.92 Å². The molecule has 1 saturated heterocycles. The van der Waals surface area contributed by atoms with Crippen LogP contribution in [0.3, 0.4) is 0 Å². The van der Waals surface area contributed by atoms with E-state index in [0.717, 1.165) is 30.3 Å². The zero-order valence-electron chi connectivity index (χ0n) is 13.2. The molecule has 0 aromatic carbocycles. The van der Waals surface area contributed by atoms with Crippen molar-refractivity contribution in [1.82, 2.24) is 25.2 Å². The summed E-state index contributed by atoms with van der Waals surface area (Å²) >= 11 is 1.47. The molecule has 1 aliphatic rings. The van der Waals surface area contributed by atoms with Gasteiger partial charge in [0.2, 0.25) is 5.91 Å². The van der Waals surface area contributed by atoms with Crippen molar-refractivity contribution >= 4 is 17.2 Å². The van der Waals surface area contributed by atoms with Gasteiger partial charge in [-0.3, -0.25) is 9.69 Å². The number of likely N-dealkylation sites (N-methyl/N-ethyl adjacent to an activating group) is 1. The number of rotatable bonds is 6. The lowest BCUT2D eigenvalue weighted by molar-refractivity contribution is -0.120. The maximum absolute atomic E-state index is 12.1. The molecule has 2 aromatic rings. The summed E-state index contributed by atoms with van der Waals surface area (Å²) in [4.78, 5) is 27.3. The molecule has 0 saturated carbocycles. The number of carbonyl (C=O) groups excluding carboxylic acids is 1. The predicted molar refractivity (Wildman–Crippen MR) is 90.1 cm³/mol. The van der Waals surface area contributed by atoms with Gasteiger partial charge in [-0.05, 0) is 32.0 Å². The summed E-state index contributed by atoms with van der Waals surface area (Å²) in [6.07, 6.45) is 6.08.